The maximum atomic E-state index is 11.0. The van der Waals surface area contributed by atoms with E-state index in [0.29, 0.717) is 17.3 Å². The highest BCUT2D eigenvalue weighted by Gasteiger charge is 2.14. The zero-order valence-electron chi connectivity index (χ0n) is 9.85. The molecule has 0 saturated carbocycles. The van der Waals surface area contributed by atoms with Gasteiger partial charge in [0.2, 0.25) is 0 Å². The number of carboxylic acid groups (broad SMARTS) is 1. The van der Waals surface area contributed by atoms with Crippen molar-refractivity contribution >= 4 is 39.2 Å². The number of rotatable bonds is 5. The average Bonchev–Trinajstić information content (AvgIpc) is 2.75. The van der Waals surface area contributed by atoms with Gasteiger partial charge in [-0.25, -0.2) is 0 Å². The third-order valence-electron chi connectivity index (χ3n) is 2.54. The molecule has 0 unspecified atom stereocenters. The second-order valence-corrected chi connectivity index (χ2v) is 5.21. The number of carboxylic acids is 1. The summed E-state index contributed by atoms with van der Waals surface area (Å²) in [5.41, 5.74) is 0.773. The van der Waals surface area contributed by atoms with Crippen LogP contribution in [0.1, 0.15) is 5.76 Å². The largest absolute Gasteiger partial charge is 0.480 e. The van der Waals surface area contributed by atoms with Crippen molar-refractivity contribution in [1.29, 1.82) is 0 Å². The first-order valence-corrected chi connectivity index (χ1v) is 6.67. The molecule has 0 amide bonds. The first-order chi connectivity index (χ1) is 9.06. The molecule has 4 nitrogen and oxygen atoms in total. The average molecular weight is 345 g/mol. The number of hydrogen-bond acceptors (Lipinski definition) is 3. The fourth-order valence-electron chi connectivity index (χ4n) is 1.66. The Labute approximate surface area is 123 Å². The van der Waals surface area contributed by atoms with Gasteiger partial charge in [0.1, 0.15) is 12.3 Å². The maximum Gasteiger partial charge on any atom is 0.323 e. The molecule has 0 aliphatic rings. The van der Waals surface area contributed by atoms with Gasteiger partial charge in [0.15, 0.2) is 0 Å². The predicted molar refractivity (Wildman–Crippen MR) is 76.5 cm³/mol. The summed E-state index contributed by atoms with van der Waals surface area (Å²) in [7, 11) is 0. The van der Waals surface area contributed by atoms with E-state index < -0.39 is 5.97 Å². The monoisotopic (exact) mass is 343 g/mol. The highest BCUT2D eigenvalue weighted by Crippen LogP contribution is 2.24. The molecule has 0 aliphatic heterocycles. The molecule has 0 atom stereocenters. The van der Waals surface area contributed by atoms with E-state index in [1.54, 1.807) is 41.5 Å². The number of furan rings is 1. The van der Waals surface area contributed by atoms with Gasteiger partial charge < -0.3 is 14.4 Å². The van der Waals surface area contributed by atoms with E-state index in [-0.39, 0.29) is 6.54 Å². The van der Waals surface area contributed by atoms with Crippen LogP contribution in [0.3, 0.4) is 0 Å². The molecule has 0 aliphatic carbocycles. The summed E-state index contributed by atoms with van der Waals surface area (Å²) in [6.45, 7) is 0.246. The fourth-order valence-corrected chi connectivity index (χ4v) is 2.12. The van der Waals surface area contributed by atoms with Crippen LogP contribution in [0, 0.1) is 0 Å². The normalized spacial score (nSPS) is 10.4. The van der Waals surface area contributed by atoms with E-state index in [2.05, 4.69) is 15.9 Å². The van der Waals surface area contributed by atoms with Gasteiger partial charge >= 0.3 is 5.97 Å². The minimum absolute atomic E-state index is 0.116. The number of aliphatic carboxylic acids is 1. The summed E-state index contributed by atoms with van der Waals surface area (Å²) in [4.78, 5) is 12.7. The van der Waals surface area contributed by atoms with Crippen molar-refractivity contribution in [1.82, 2.24) is 0 Å². The number of carbonyl (C=O) groups is 1. The van der Waals surface area contributed by atoms with Crippen molar-refractivity contribution in [2.75, 3.05) is 11.4 Å². The predicted octanol–water partition coefficient (Wildman–Crippen LogP) is 3.79. The van der Waals surface area contributed by atoms with Gasteiger partial charge in [-0.05, 0) is 46.3 Å². The van der Waals surface area contributed by atoms with E-state index >= 15 is 0 Å². The molecular formula is C13H11BrClNO3. The summed E-state index contributed by atoms with van der Waals surface area (Å²) >= 11 is 9.19. The Morgan fingerprint density at radius 3 is 2.53 bits per heavy atom. The molecule has 2 aromatic rings. The molecule has 0 saturated heterocycles. The SMILES string of the molecule is O=C(O)CN(Cc1occc1Br)c1ccc(Cl)cc1. The Bertz CT molecular complexity index is 568. The maximum absolute atomic E-state index is 11.0. The van der Waals surface area contributed by atoms with Crippen molar-refractivity contribution in [3.8, 4) is 0 Å². The lowest BCUT2D eigenvalue weighted by Gasteiger charge is -2.22. The van der Waals surface area contributed by atoms with Crippen LogP contribution in [0.2, 0.25) is 5.02 Å². The minimum Gasteiger partial charge on any atom is -0.480 e. The van der Waals surface area contributed by atoms with Crippen LogP contribution in [0.4, 0.5) is 5.69 Å². The third-order valence-corrected chi connectivity index (χ3v) is 3.50. The summed E-state index contributed by atoms with van der Waals surface area (Å²) in [5, 5.41) is 9.60. The highest BCUT2D eigenvalue weighted by molar-refractivity contribution is 9.10. The summed E-state index contributed by atoms with van der Waals surface area (Å²) in [5.74, 6) is -0.228. The summed E-state index contributed by atoms with van der Waals surface area (Å²) in [6, 6.07) is 8.78. The first kappa shape index (κ1) is 14.0. The molecule has 1 N–H and O–H groups in total. The van der Waals surface area contributed by atoms with E-state index in [4.69, 9.17) is 21.1 Å². The van der Waals surface area contributed by atoms with Gasteiger partial charge in [-0.2, -0.15) is 0 Å². The molecule has 6 heteroatoms. The van der Waals surface area contributed by atoms with Crippen molar-refractivity contribution in [3.05, 3.63) is 51.9 Å². The number of benzene rings is 1. The molecule has 100 valence electrons. The van der Waals surface area contributed by atoms with E-state index in [0.717, 1.165) is 10.2 Å². The number of nitrogens with zero attached hydrogens (tertiary/aromatic N) is 1. The second-order valence-electron chi connectivity index (χ2n) is 3.92. The Kier molecular flexibility index (Phi) is 4.50. The van der Waals surface area contributed by atoms with E-state index in [1.165, 1.54) is 0 Å². The first-order valence-electron chi connectivity index (χ1n) is 5.50. The molecular weight excluding hydrogens is 334 g/mol. The van der Waals surface area contributed by atoms with Crippen molar-refractivity contribution < 1.29 is 14.3 Å². The molecule has 2 rings (SSSR count). The molecule has 1 aromatic heterocycles. The van der Waals surface area contributed by atoms with E-state index in [1.807, 2.05) is 0 Å². The van der Waals surface area contributed by atoms with Gasteiger partial charge in [0.25, 0.3) is 0 Å². The number of halogens is 2. The Balaban J connectivity index is 2.23. The topological polar surface area (TPSA) is 53.7 Å². The third kappa shape index (κ3) is 3.75. The molecule has 1 heterocycles. The smallest absolute Gasteiger partial charge is 0.323 e. The Hall–Kier alpha value is -1.46. The van der Waals surface area contributed by atoms with Crippen molar-refractivity contribution in [3.63, 3.8) is 0 Å². The minimum atomic E-state index is -0.905. The van der Waals surface area contributed by atoms with Crippen LogP contribution < -0.4 is 4.90 Å². The van der Waals surface area contributed by atoms with Crippen LogP contribution in [0.25, 0.3) is 0 Å². The Morgan fingerprint density at radius 2 is 2.00 bits per heavy atom. The second kappa shape index (κ2) is 6.12. The van der Waals surface area contributed by atoms with Gasteiger partial charge in [0, 0.05) is 10.7 Å². The van der Waals surface area contributed by atoms with Crippen LogP contribution in [-0.2, 0) is 11.3 Å². The molecule has 0 fully saturated rings. The van der Waals surface area contributed by atoms with Crippen LogP contribution in [0.5, 0.6) is 0 Å². The molecule has 19 heavy (non-hydrogen) atoms. The standard InChI is InChI=1S/C13H11BrClNO3/c14-11-5-6-19-12(11)7-16(8-13(17)18)10-3-1-9(15)2-4-10/h1-6H,7-8H2,(H,17,18). The summed E-state index contributed by atoms with van der Waals surface area (Å²) in [6.07, 6.45) is 1.56. The highest BCUT2D eigenvalue weighted by atomic mass is 79.9. The van der Waals surface area contributed by atoms with Crippen LogP contribution in [0.15, 0.2) is 45.5 Å². The van der Waals surface area contributed by atoms with Crippen molar-refractivity contribution in [2.24, 2.45) is 0 Å². The zero-order chi connectivity index (χ0) is 13.8. The van der Waals surface area contributed by atoms with Crippen LogP contribution in [-0.4, -0.2) is 17.6 Å². The van der Waals surface area contributed by atoms with Crippen LogP contribution >= 0.6 is 27.5 Å². The molecule has 0 spiro atoms. The van der Waals surface area contributed by atoms with Gasteiger partial charge in [0.05, 0.1) is 17.3 Å². The lowest BCUT2D eigenvalue weighted by molar-refractivity contribution is -0.135. The lowest BCUT2D eigenvalue weighted by atomic mass is 10.2. The molecule has 1 aromatic carbocycles. The zero-order valence-corrected chi connectivity index (χ0v) is 12.2. The van der Waals surface area contributed by atoms with E-state index in [9.17, 15) is 4.79 Å². The number of anilines is 1. The van der Waals surface area contributed by atoms with Crippen molar-refractivity contribution in [2.45, 2.75) is 6.54 Å². The lowest BCUT2D eigenvalue weighted by Crippen LogP contribution is -2.29. The Morgan fingerprint density at radius 1 is 1.32 bits per heavy atom. The van der Waals surface area contributed by atoms with Gasteiger partial charge in [-0.1, -0.05) is 11.6 Å². The summed E-state index contributed by atoms with van der Waals surface area (Å²) < 4.78 is 6.13. The molecule has 0 bridgehead atoms. The van der Waals surface area contributed by atoms with Gasteiger partial charge in [-0.15, -0.1) is 0 Å². The van der Waals surface area contributed by atoms with Gasteiger partial charge in [-0.3, -0.25) is 4.79 Å². The molecule has 0 radical (unpaired) electrons. The fraction of sp³-hybridized carbons (Fsp3) is 0.154. The number of hydrogen-bond donors (Lipinski definition) is 1. The quantitative estimate of drug-likeness (QED) is 0.896.